The quantitative estimate of drug-likeness (QED) is 0.771. The molecule has 0 unspecified atom stereocenters. The van der Waals surface area contributed by atoms with E-state index in [-0.39, 0.29) is 0 Å². The highest BCUT2D eigenvalue weighted by atomic mass is 32.2. The third-order valence-corrected chi connectivity index (χ3v) is 2.53. The number of thioether (sulfide) groups is 1. The fourth-order valence-electron chi connectivity index (χ4n) is 1.07. The zero-order valence-electron chi connectivity index (χ0n) is 7.86. The van der Waals surface area contributed by atoms with Crippen LogP contribution in [0.3, 0.4) is 0 Å². The number of anilines is 1. The van der Waals surface area contributed by atoms with E-state index >= 15 is 0 Å². The summed E-state index contributed by atoms with van der Waals surface area (Å²) in [4.78, 5) is 8.55. The van der Waals surface area contributed by atoms with Crippen molar-refractivity contribution in [1.29, 1.82) is 0 Å². The fourth-order valence-corrected chi connectivity index (χ4v) is 1.74. The highest BCUT2D eigenvalue weighted by molar-refractivity contribution is 8.02. The number of rotatable bonds is 3. The molecular formula is C9H11N3OS. The minimum atomic E-state index is 0.480. The second-order valence-corrected chi connectivity index (χ2v) is 3.60. The molecule has 1 N–H and O–H groups in total. The van der Waals surface area contributed by atoms with Crippen molar-refractivity contribution in [3.05, 3.63) is 23.6 Å². The largest absolute Gasteiger partial charge is 0.374 e. The molecule has 2 heterocycles. The average molecular weight is 209 g/mol. The second-order valence-electron chi connectivity index (χ2n) is 2.71. The molecule has 1 aliphatic rings. The van der Waals surface area contributed by atoms with E-state index in [1.54, 1.807) is 18.0 Å². The number of aromatic nitrogens is 2. The van der Waals surface area contributed by atoms with Gasteiger partial charge in [-0.2, -0.15) is 0 Å². The lowest BCUT2D eigenvalue weighted by atomic mass is 10.5. The van der Waals surface area contributed by atoms with Crippen LogP contribution >= 0.6 is 11.8 Å². The van der Waals surface area contributed by atoms with E-state index in [1.165, 1.54) is 0 Å². The molecule has 0 fully saturated rings. The van der Waals surface area contributed by atoms with Gasteiger partial charge in [0.05, 0.1) is 11.9 Å². The molecule has 0 atom stereocenters. The molecular weight excluding hydrogens is 198 g/mol. The van der Waals surface area contributed by atoms with E-state index in [2.05, 4.69) is 15.3 Å². The number of hydrogen-bond acceptors (Lipinski definition) is 5. The zero-order valence-corrected chi connectivity index (χ0v) is 8.67. The van der Waals surface area contributed by atoms with E-state index in [9.17, 15) is 0 Å². The first-order chi connectivity index (χ1) is 6.90. The third-order valence-electron chi connectivity index (χ3n) is 1.73. The zero-order chi connectivity index (χ0) is 9.80. The lowest BCUT2D eigenvalue weighted by Crippen LogP contribution is -2.03. The van der Waals surface area contributed by atoms with Gasteiger partial charge in [-0.25, -0.2) is 9.97 Å². The van der Waals surface area contributed by atoms with Crippen molar-refractivity contribution >= 4 is 17.4 Å². The second kappa shape index (κ2) is 4.43. The van der Waals surface area contributed by atoms with Crippen molar-refractivity contribution in [1.82, 2.24) is 9.97 Å². The van der Waals surface area contributed by atoms with E-state index in [0.29, 0.717) is 13.2 Å². The van der Waals surface area contributed by atoms with Gasteiger partial charge in [0.1, 0.15) is 11.6 Å². The van der Waals surface area contributed by atoms with E-state index in [4.69, 9.17) is 4.74 Å². The molecule has 0 saturated heterocycles. The molecule has 0 bridgehead atoms. The monoisotopic (exact) mass is 209 g/mol. The molecule has 1 aromatic rings. The van der Waals surface area contributed by atoms with Crippen LogP contribution in [-0.4, -0.2) is 16.6 Å². The molecule has 4 nitrogen and oxygen atoms in total. The average Bonchev–Trinajstić information content (AvgIpc) is 2.26. The maximum atomic E-state index is 5.24. The Balaban J connectivity index is 2.14. The maximum absolute atomic E-state index is 5.24. The van der Waals surface area contributed by atoms with Crippen LogP contribution in [-0.2, 0) is 11.3 Å². The van der Waals surface area contributed by atoms with Gasteiger partial charge >= 0.3 is 0 Å². The standard InChI is InChI=1S/C9H11N3OS/c1-2-13-6-8-11-5-7-9(12-8)14-4-3-10-7/h3-5,10H,2,6H2,1H3. The molecule has 0 amide bonds. The number of nitrogens with one attached hydrogen (secondary N) is 1. The van der Waals surface area contributed by atoms with Gasteiger partial charge in [0.25, 0.3) is 0 Å². The minimum Gasteiger partial charge on any atom is -0.374 e. The summed E-state index contributed by atoms with van der Waals surface area (Å²) >= 11 is 1.59. The Morgan fingerprint density at radius 3 is 3.36 bits per heavy atom. The summed E-state index contributed by atoms with van der Waals surface area (Å²) < 4.78 is 5.24. The van der Waals surface area contributed by atoms with Gasteiger partial charge in [0.2, 0.25) is 0 Å². The molecule has 74 valence electrons. The van der Waals surface area contributed by atoms with Crippen LogP contribution in [0.4, 0.5) is 5.69 Å². The number of hydrogen-bond donors (Lipinski definition) is 1. The Labute approximate surface area is 86.8 Å². The van der Waals surface area contributed by atoms with Crippen LogP contribution in [0.25, 0.3) is 0 Å². The lowest BCUT2D eigenvalue weighted by Gasteiger charge is -2.11. The molecule has 0 radical (unpaired) electrons. The van der Waals surface area contributed by atoms with Crippen molar-refractivity contribution in [2.75, 3.05) is 11.9 Å². The summed E-state index contributed by atoms with van der Waals surface area (Å²) in [5.41, 5.74) is 0.956. The number of ether oxygens (including phenoxy) is 1. The van der Waals surface area contributed by atoms with Gasteiger partial charge in [-0.3, -0.25) is 0 Å². The molecule has 14 heavy (non-hydrogen) atoms. The molecule has 1 aromatic heterocycles. The molecule has 0 spiro atoms. The van der Waals surface area contributed by atoms with Crippen LogP contribution in [0.5, 0.6) is 0 Å². The van der Waals surface area contributed by atoms with Gasteiger partial charge in [0.15, 0.2) is 5.82 Å². The Hall–Kier alpha value is -1.07. The van der Waals surface area contributed by atoms with Crippen molar-refractivity contribution in [2.24, 2.45) is 0 Å². The minimum absolute atomic E-state index is 0.480. The predicted octanol–water partition coefficient (Wildman–Crippen LogP) is 2.00. The molecule has 0 aromatic carbocycles. The summed E-state index contributed by atoms with van der Waals surface area (Å²) in [5, 5.41) is 5.99. The fraction of sp³-hybridized carbons (Fsp3) is 0.333. The maximum Gasteiger partial charge on any atom is 0.155 e. The van der Waals surface area contributed by atoms with E-state index in [0.717, 1.165) is 16.5 Å². The summed E-state index contributed by atoms with van der Waals surface area (Å²) in [6, 6.07) is 0. The van der Waals surface area contributed by atoms with Crippen molar-refractivity contribution < 1.29 is 4.74 Å². The third kappa shape index (κ3) is 2.05. The first-order valence-corrected chi connectivity index (χ1v) is 5.30. The number of fused-ring (bicyclic) bond motifs is 1. The SMILES string of the molecule is CCOCc1ncc2c(n1)SC=CN2. The van der Waals surface area contributed by atoms with Crippen LogP contribution in [0.2, 0.25) is 0 Å². The van der Waals surface area contributed by atoms with Crippen LogP contribution in [0.15, 0.2) is 22.8 Å². The summed E-state index contributed by atoms with van der Waals surface area (Å²) in [7, 11) is 0. The van der Waals surface area contributed by atoms with Gasteiger partial charge in [0, 0.05) is 12.8 Å². The van der Waals surface area contributed by atoms with Gasteiger partial charge in [-0.1, -0.05) is 11.8 Å². The van der Waals surface area contributed by atoms with Gasteiger partial charge < -0.3 is 10.1 Å². The highest BCUT2D eigenvalue weighted by Crippen LogP contribution is 2.28. The van der Waals surface area contributed by atoms with E-state index < -0.39 is 0 Å². The normalized spacial score (nSPS) is 13.5. The first-order valence-electron chi connectivity index (χ1n) is 4.42. The van der Waals surface area contributed by atoms with Crippen molar-refractivity contribution in [3.63, 3.8) is 0 Å². The van der Waals surface area contributed by atoms with Gasteiger partial charge in [-0.15, -0.1) is 0 Å². The molecule has 1 aliphatic heterocycles. The first kappa shape index (κ1) is 9.48. The molecule has 2 rings (SSSR count). The topological polar surface area (TPSA) is 47.0 Å². The molecule has 0 saturated carbocycles. The Bertz CT molecular complexity index is 354. The number of nitrogens with zero attached hydrogens (tertiary/aromatic N) is 2. The highest BCUT2D eigenvalue weighted by Gasteiger charge is 2.08. The summed E-state index contributed by atoms with van der Waals surface area (Å²) in [6.45, 7) is 3.12. The van der Waals surface area contributed by atoms with Crippen LogP contribution < -0.4 is 5.32 Å². The van der Waals surface area contributed by atoms with Crippen molar-refractivity contribution in [3.8, 4) is 0 Å². The smallest absolute Gasteiger partial charge is 0.155 e. The Kier molecular flexibility index (Phi) is 3.00. The van der Waals surface area contributed by atoms with Gasteiger partial charge in [-0.05, 0) is 12.3 Å². The predicted molar refractivity (Wildman–Crippen MR) is 56.0 cm³/mol. The summed E-state index contributed by atoms with van der Waals surface area (Å²) in [6.07, 6.45) is 3.66. The molecule has 0 aliphatic carbocycles. The van der Waals surface area contributed by atoms with Crippen LogP contribution in [0.1, 0.15) is 12.7 Å². The lowest BCUT2D eigenvalue weighted by molar-refractivity contribution is 0.128. The molecule has 5 heteroatoms. The Morgan fingerprint density at radius 2 is 2.50 bits per heavy atom. The summed E-state index contributed by atoms with van der Waals surface area (Å²) in [5.74, 6) is 0.732. The van der Waals surface area contributed by atoms with Crippen molar-refractivity contribution in [2.45, 2.75) is 18.6 Å². The van der Waals surface area contributed by atoms with E-state index in [1.807, 2.05) is 18.5 Å². The van der Waals surface area contributed by atoms with Crippen LogP contribution in [0, 0.1) is 0 Å². The Morgan fingerprint density at radius 1 is 1.57 bits per heavy atom.